The van der Waals surface area contributed by atoms with E-state index >= 15 is 0 Å². The quantitative estimate of drug-likeness (QED) is 0.296. The van der Waals surface area contributed by atoms with Crippen LogP contribution in [0.3, 0.4) is 0 Å². The summed E-state index contributed by atoms with van der Waals surface area (Å²) in [6.07, 6.45) is 3.76. The van der Waals surface area contributed by atoms with Crippen molar-refractivity contribution >= 4 is 37.7 Å². The minimum atomic E-state index is 0.942. The molecule has 128 valence electrons. The molecule has 0 radical (unpaired) electrons. The Kier molecular flexibility index (Phi) is 3.95. The Morgan fingerprint density at radius 3 is 2.30 bits per heavy atom. The van der Waals surface area contributed by atoms with Gasteiger partial charge in [0.25, 0.3) is 0 Å². The van der Waals surface area contributed by atoms with Crippen LogP contribution in [0.25, 0.3) is 44.1 Å². The lowest BCUT2D eigenvalue weighted by atomic mass is 9.99. The van der Waals surface area contributed by atoms with Gasteiger partial charge in [-0.05, 0) is 41.0 Å². The van der Waals surface area contributed by atoms with E-state index in [4.69, 9.17) is 4.98 Å². The lowest BCUT2D eigenvalue weighted by Gasteiger charge is -2.10. The SMILES string of the molecule is Brc1ccc(-c2cnc3c(ccc4cccnc43)c2)cc1-c1ccccc1. The smallest absolute Gasteiger partial charge is 0.0964 e. The first kappa shape index (κ1) is 16.2. The van der Waals surface area contributed by atoms with Crippen molar-refractivity contribution in [2.75, 3.05) is 0 Å². The summed E-state index contributed by atoms with van der Waals surface area (Å²) < 4.78 is 1.08. The number of fused-ring (bicyclic) bond motifs is 3. The summed E-state index contributed by atoms with van der Waals surface area (Å²) in [4.78, 5) is 9.24. The normalized spacial score (nSPS) is 11.1. The van der Waals surface area contributed by atoms with Crippen molar-refractivity contribution in [3.8, 4) is 22.3 Å². The van der Waals surface area contributed by atoms with E-state index in [0.717, 1.165) is 37.4 Å². The van der Waals surface area contributed by atoms with Crippen LogP contribution in [0.2, 0.25) is 0 Å². The van der Waals surface area contributed by atoms with Crippen molar-refractivity contribution < 1.29 is 0 Å². The van der Waals surface area contributed by atoms with Gasteiger partial charge in [-0.1, -0.05) is 70.5 Å². The summed E-state index contributed by atoms with van der Waals surface area (Å²) in [5.74, 6) is 0. The standard InChI is InChI=1S/C24H15BrN2/c25-22-11-10-18(14-21(22)16-5-2-1-3-6-16)20-13-19-9-8-17-7-4-12-26-23(17)24(19)27-15-20/h1-15H. The molecule has 0 saturated heterocycles. The van der Waals surface area contributed by atoms with Gasteiger partial charge in [0.1, 0.15) is 0 Å². The average molecular weight is 411 g/mol. The third-order valence-corrected chi connectivity index (χ3v) is 5.50. The van der Waals surface area contributed by atoms with Crippen LogP contribution in [0.4, 0.5) is 0 Å². The zero-order valence-electron chi connectivity index (χ0n) is 14.4. The Morgan fingerprint density at radius 1 is 0.593 bits per heavy atom. The monoisotopic (exact) mass is 410 g/mol. The molecule has 2 aromatic heterocycles. The molecule has 5 aromatic rings. The van der Waals surface area contributed by atoms with Gasteiger partial charge in [-0.15, -0.1) is 0 Å². The van der Waals surface area contributed by atoms with Crippen LogP contribution < -0.4 is 0 Å². The van der Waals surface area contributed by atoms with Crippen molar-refractivity contribution in [3.05, 3.63) is 95.7 Å². The van der Waals surface area contributed by atoms with E-state index in [9.17, 15) is 0 Å². The number of nitrogens with zero attached hydrogens (tertiary/aromatic N) is 2. The van der Waals surface area contributed by atoms with E-state index in [2.05, 4.69) is 87.6 Å². The highest BCUT2D eigenvalue weighted by atomic mass is 79.9. The Hall–Kier alpha value is -3.04. The third-order valence-electron chi connectivity index (χ3n) is 4.81. The van der Waals surface area contributed by atoms with Crippen LogP contribution in [0.15, 0.2) is 95.7 Å². The van der Waals surface area contributed by atoms with Gasteiger partial charge in [-0.3, -0.25) is 9.97 Å². The maximum Gasteiger partial charge on any atom is 0.0964 e. The molecular formula is C24H15BrN2. The molecule has 0 fully saturated rings. The number of rotatable bonds is 2. The second-order valence-corrected chi connectivity index (χ2v) is 7.35. The number of hydrogen-bond acceptors (Lipinski definition) is 2. The molecule has 0 unspecified atom stereocenters. The summed E-state index contributed by atoms with van der Waals surface area (Å²) in [5, 5.41) is 2.21. The van der Waals surface area contributed by atoms with Crippen molar-refractivity contribution in [2.45, 2.75) is 0 Å². The number of pyridine rings is 2. The average Bonchev–Trinajstić information content (AvgIpc) is 2.74. The van der Waals surface area contributed by atoms with Crippen molar-refractivity contribution in [3.63, 3.8) is 0 Å². The maximum absolute atomic E-state index is 4.74. The lowest BCUT2D eigenvalue weighted by molar-refractivity contribution is 1.37. The molecule has 0 spiro atoms. The summed E-state index contributed by atoms with van der Waals surface area (Å²) in [5.41, 5.74) is 6.50. The molecule has 2 nitrogen and oxygen atoms in total. The van der Waals surface area contributed by atoms with Gasteiger partial charge in [0.05, 0.1) is 11.0 Å². The van der Waals surface area contributed by atoms with Gasteiger partial charge in [0.2, 0.25) is 0 Å². The molecule has 0 atom stereocenters. The molecule has 0 bridgehead atoms. The van der Waals surface area contributed by atoms with E-state index in [0.29, 0.717) is 0 Å². The highest BCUT2D eigenvalue weighted by Gasteiger charge is 2.08. The van der Waals surface area contributed by atoms with Crippen molar-refractivity contribution in [1.82, 2.24) is 9.97 Å². The third kappa shape index (κ3) is 2.90. The molecule has 5 rings (SSSR count). The van der Waals surface area contributed by atoms with E-state index < -0.39 is 0 Å². The predicted octanol–water partition coefficient (Wildman–Crippen LogP) is 6.88. The Labute approximate surface area is 165 Å². The minimum absolute atomic E-state index is 0.942. The Morgan fingerprint density at radius 2 is 1.41 bits per heavy atom. The fraction of sp³-hybridized carbons (Fsp3) is 0. The first-order valence-corrected chi connectivity index (χ1v) is 9.58. The van der Waals surface area contributed by atoms with Gasteiger partial charge < -0.3 is 0 Å². The molecule has 0 aliphatic rings. The molecule has 0 saturated carbocycles. The van der Waals surface area contributed by atoms with Crippen molar-refractivity contribution in [1.29, 1.82) is 0 Å². The predicted molar refractivity (Wildman–Crippen MR) is 116 cm³/mol. The van der Waals surface area contributed by atoms with Crippen LogP contribution >= 0.6 is 15.9 Å². The van der Waals surface area contributed by atoms with E-state index in [-0.39, 0.29) is 0 Å². The fourth-order valence-electron chi connectivity index (χ4n) is 3.44. The summed E-state index contributed by atoms with van der Waals surface area (Å²) in [6, 6.07) is 27.3. The maximum atomic E-state index is 4.74. The van der Waals surface area contributed by atoms with Gasteiger partial charge in [0, 0.05) is 33.2 Å². The van der Waals surface area contributed by atoms with Gasteiger partial charge >= 0.3 is 0 Å². The summed E-state index contributed by atoms with van der Waals surface area (Å²) >= 11 is 3.68. The van der Waals surface area contributed by atoms with Gasteiger partial charge in [0.15, 0.2) is 0 Å². The first-order valence-electron chi connectivity index (χ1n) is 8.78. The Balaban J connectivity index is 1.66. The highest BCUT2D eigenvalue weighted by Crippen LogP contribution is 2.33. The molecule has 0 amide bonds. The molecule has 0 N–H and O–H groups in total. The summed E-state index contributed by atoms with van der Waals surface area (Å²) in [7, 11) is 0. The molecular weight excluding hydrogens is 396 g/mol. The van der Waals surface area contributed by atoms with E-state index in [1.807, 2.05) is 24.5 Å². The second kappa shape index (κ2) is 6.60. The van der Waals surface area contributed by atoms with Crippen LogP contribution in [0.1, 0.15) is 0 Å². The molecule has 2 heterocycles. The van der Waals surface area contributed by atoms with Crippen molar-refractivity contribution in [2.24, 2.45) is 0 Å². The first-order chi connectivity index (χ1) is 13.3. The molecule has 27 heavy (non-hydrogen) atoms. The number of aromatic nitrogens is 2. The highest BCUT2D eigenvalue weighted by molar-refractivity contribution is 9.10. The van der Waals surface area contributed by atoms with E-state index in [1.165, 1.54) is 11.1 Å². The van der Waals surface area contributed by atoms with Crippen LogP contribution in [-0.4, -0.2) is 9.97 Å². The molecule has 0 aliphatic carbocycles. The summed E-state index contributed by atoms with van der Waals surface area (Å²) in [6.45, 7) is 0. The molecule has 0 aliphatic heterocycles. The topological polar surface area (TPSA) is 25.8 Å². The zero-order valence-corrected chi connectivity index (χ0v) is 16.0. The van der Waals surface area contributed by atoms with Crippen LogP contribution in [-0.2, 0) is 0 Å². The van der Waals surface area contributed by atoms with Gasteiger partial charge in [-0.2, -0.15) is 0 Å². The zero-order chi connectivity index (χ0) is 18.2. The number of benzene rings is 3. The molecule has 3 heteroatoms. The van der Waals surface area contributed by atoms with Crippen LogP contribution in [0, 0.1) is 0 Å². The molecule has 3 aromatic carbocycles. The van der Waals surface area contributed by atoms with Gasteiger partial charge in [-0.25, -0.2) is 0 Å². The fourth-order valence-corrected chi connectivity index (χ4v) is 3.91. The number of hydrogen-bond donors (Lipinski definition) is 0. The van der Waals surface area contributed by atoms with Crippen LogP contribution in [0.5, 0.6) is 0 Å². The second-order valence-electron chi connectivity index (χ2n) is 6.50. The largest absolute Gasteiger partial charge is 0.254 e. The Bertz CT molecular complexity index is 1280. The minimum Gasteiger partial charge on any atom is -0.254 e. The number of halogens is 1. The van der Waals surface area contributed by atoms with E-state index in [1.54, 1.807) is 0 Å². The lowest BCUT2D eigenvalue weighted by Crippen LogP contribution is -1.88.